The topological polar surface area (TPSA) is 57.9 Å². The Morgan fingerprint density at radius 2 is 2.19 bits per heavy atom. The first-order valence-corrected chi connectivity index (χ1v) is 4.89. The molecular formula is C11H16O5. The predicted octanol–water partition coefficient (Wildman–Crippen LogP) is 1.81. The van der Waals surface area contributed by atoms with Crippen LogP contribution in [0.25, 0.3) is 0 Å². The lowest BCUT2D eigenvalue weighted by atomic mass is 10.1. The fourth-order valence-corrected chi connectivity index (χ4v) is 1.34. The molecule has 0 aliphatic heterocycles. The fraction of sp³-hybridized carbons (Fsp3) is 0.545. The van der Waals surface area contributed by atoms with Crippen molar-refractivity contribution in [1.29, 1.82) is 0 Å². The van der Waals surface area contributed by atoms with Crippen LogP contribution in [-0.4, -0.2) is 27.0 Å². The molecule has 1 atom stereocenters. The third-order valence-corrected chi connectivity index (χ3v) is 2.21. The summed E-state index contributed by atoms with van der Waals surface area (Å²) >= 11 is 0. The van der Waals surface area contributed by atoms with E-state index < -0.39 is 6.10 Å². The maximum absolute atomic E-state index is 11.2. The molecule has 0 fully saturated rings. The molecule has 0 aliphatic rings. The van der Waals surface area contributed by atoms with Crippen LogP contribution in [0.1, 0.15) is 23.7 Å². The van der Waals surface area contributed by atoms with Crippen molar-refractivity contribution in [2.75, 3.05) is 21.0 Å². The van der Waals surface area contributed by atoms with Crippen LogP contribution >= 0.6 is 0 Å². The first-order valence-electron chi connectivity index (χ1n) is 4.89. The molecule has 0 unspecified atom stereocenters. The van der Waals surface area contributed by atoms with Crippen LogP contribution in [0.5, 0.6) is 0 Å². The van der Waals surface area contributed by atoms with Crippen LogP contribution in [-0.2, 0) is 19.0 Å². The fourth-order valence-electron chi connectivity index (χ4n) is 1.34. The van der Waals surface area contributed by atoms with E-state index in [9.17, 15) is 4.79 Å². The summed E-state index contributed by atoms with van der Waals surface area (Å²) in [5.41, 5.74) is 1.77. The molecule has 5 nitrogen and oxygen atoms in total. The molecule has 0 aromatic carbocycles. The van der Waals surface area contributed by atoms with E-state index >= 15 is 0 Å². The van der Waals surface area contributed by atoms with Crippen LogP contribution < -0.4 is 0 Å². The lowest BCUT2D eigenvalue weighted by molar-refractivity contribution is -0.147. The molecule has 0 N–H and O–H groups in total. The molecule has 1 aromatic heterocycles. The Hall–Kier alpha value is -1.33. The highest BCUT2D eigenvalue weighted by molar-refractivity contribution is 5.70. The molecular weight excluding hydrogens is 212 g/mol. The standard InChI is InChI=1S/C11H16O5/c1-8-5-15-6-9(8)10(16-7-13-2)4-11(12)14-3/h5-6,10H,4,7H2,1-3H3/t10-/m1/s1. The lowest BCUT2D eigenvalue weighted by Crippen LogP contribution is -2.13. The van der Waals surface area contributed by atoms with Crippen molar-refractivity contribution in [3.05, 3.63) is 23.7 Å². The van der Waals surface area contributed by atoms with Crippen LogP contribution in [0.15, 0.2) is 16.9 Å². The maximum atomic E-state index is 11.2. The van der Waals surface area contributed by atoms with Gasteiger partial charge in [-0.1, -0.05) is 0 Å². The number of hydrogen-bond acceptors (Lipinski definition) is 5. The van der Waals surface area contributed by atoms with E-state index in [4.69, 9.17) is 13.9 Å². The SMILES string of the molecule is COCO[C@H](CC(=O)OC)c1cocc1C. The summed E-state index contributed by atoms with van der Waals surface area (Å²) in [6.07, 6.45) is 2.92. The molecule has 0 spiro atoms. The molecule has 5 heteroatoms. The van der Waals surface area contributed by atoms with Gasteiger partial charge in [-0.2, -0.15) is 0 Å². The van der Waals surface area contributed by atoms with Crippen LogP contribution in [0.2, 0.25) is 0 Å². The van der Waals surface area contributed by atoms with Gasteiger partial charge in [0.15, 0.2) is 0 Å². The molecule has 0 saturated carbocycles. The van der Waals surface area contributed by atoms with Crippen molar-refractivity contribution < 1.29 is 23.4 Å². The van der Waals surface area contributed by atoms with Gasteiger partial charge in [-0.05, 0) is 12.5 Å². The second-order valence-corrected chi connectivity index (χ2v) is 3.35. The minimum Gasteiger partial charge on any atom is -0.472 e. The number of hydrogen-bond donors (Lipinski definition) is 0. The maximum Gasteiger partial charge on any atom is 0.308 e. The van der Waals surface area contributed by atoms with E-state index in [1.165, 1.54) is 14.2 Å². The van der Waals surface area contributed by atoms with Gasteiger partial charge in [0.2, 0.25) is 0 Å². The molecule has 1 aromatic rings. The summed E-state index contributed by atoms with van der Waals surface area (Å²) in [5, 5.41) is 0. The zero-order valence-corrected chi connectivity index (χ0v) is 9.69. The molecule has 0 saturated heterocycles. The zero-order valence-electron chi connectivity index (χ0n) is 9.69. The minimum absolute atomic E-state index is 0.117. The Balaban J connectivity index is 2.71. The van der Waals surface area contributed by atoms with Gasteiger partial charge in [0.25, 0.3) is 0 Å². The highest BCUT2D eigenvalue weighted by Crippen LogP contribution is 2.25. The van der Waals surface area contributed by atoms with Gasteiger partial charge in [0, 0.05) is 12.7 Å². The predicted molar refractivity (Wildman–Crippen MR) is 55.8 cm³/mol. The summed E-state index contributed by atoms with van der Waals surface area (Å²) < 4.78 is 19.9. The van der Waals surface area contributed by atoms with Crippen LogP contribution in [0.4, 0.5) is 0 Å². The van der Waals surface area contributed by atoms with Crippen molar-refractivity contribution in [2.24, 2.45) is 0 Å². The largest absolute Gasteiger partial charge is 0.472 e. The third kappa shape index (κ3) is 3.36. The summed E-state index contributed by atoms with van der Waals surface area (Å²) in [6.45, 7) is 2.01. The first-order chi connectivity index (χ1) is 7.69. The highest BCUT2D eigenvalue weighted by Gasteiger charge is 2.20. The molecule has 1 heterocycles. The van der Waals surface area contributed by atoms with Gasteiger partial charge in [-0.15, -0.1) is 0 Å². The smallest absolute Gasteiger partial charge is 0.308 e. The summed E-state index contributed by atoms with van der Waals surface area (Å²) in [4.78, 5) is 11.2. The van der Waals surface area contributed by atoms with Gasteiger partial charge in [-0.25, -0.2) is 0 Å². The van der Waals surface area contributed by atoms with E-state index in [-0.39, 0.29) is 19.2 Å². The third-order valence-electron chi connectivity index (χ3n) is 2.21. The average molecular weight is 228 g/mol. The average Bonchev–Trinajstić information content (AvgIpc) is 2.70. The quantitative estimate of drug-likeness (QED) is 0.549. The van der Waals surface area contributed by atoms with Crippen molar-refractivity contribution in [2.45, 2.75) is 19.4 Å². The Morgan fingerprint density at radius 1 is 1.44 bits per heavy atom. The normalized spacial score (nSPS) is 12.4. The number of carbonyl (C=O) groups excluding carboxylic acids is 1. The van der Waals surface area contributed by atoms with Gasteiger partial charge in [0.05, 0.1) is 32.2 Å². The van der Waals surface area contributed by atoms with E-state index in [0.717, 1.165) is 11.1 Å². The van der Waals surface area contributed by atoms with E-state index in [1.54, 1.807) is 12.5 Å². The number of esters is 1. The number of carbonyl (C=O) groups is 1. The first kappa shape index (κ1) is 12.7. The van der Waals surface area contributed by atoms with Gasteiger partial charge in [-0.3, -0.25) is 4.79 Å². The molecule has 0 radical (unpaired) electrons. The Labute approximate surface area is 94.3 Å². The summed E-state index contributed by atoms with van der Waals surface area (Å²) in [6, 6.07) is 0. The summed E-state index contributed by atoms with van der Waals surface area (Å²) in [7, 11) is 2.87. The molecule has 90 valence electrons. The second kappa shape index (κ2) is 6.30. The molecule has 0 bridgehead atoms. The van der Waals surface area contributed by atoms with Crippen molar-refractivity contribution >= 4 is 5.97 Å². The zero-order chi connectivity index (χ0) is 12.0. The van der Waals surface area contributed by atoms with Gasteiger partial charge < -0.3 is 18.6 Å². The Morgan fingerprint density at radius 3 is 2.69 bits per heavy atom. The molecule has 0 aliphatic carbocycles. The number of rotatable bonds is 6. The second-order valence-electron chi connectivity index (χ2n) is 3.35. The minimum atomic E-state index is -0.397. The monoisotopic (exact) mass is 228 g/mol. The van der Waals surface area contributed by atoms with Crippen molar-refractivity contribution in [1.82, 2.24) is 0 Å². The Kier molecular flexibility index (Phi) is 5.01. The lowest BCUT2D eigenvalue weighted by Gasteiger charge is -2.15. The number of ether oxygens (including phenoxy) is 3. The van der Waals surface area contributed by atoms with Gasteiger partial charge >= 0.3 is 5.97 Å². The van der Waals surface area contributed by atoms with E-state index in [0.29, 0.717) is 0 Å². The van der Waals surface area contributed by atoms with E-state index in [2.05, 4.69) is 4.74 Å². The van der Waals surface area contributed by atoms with Gasteiger partial charge in [0.1, 0.15) is 6.79 Å². The van der Waals surface area contributed by atoms with E-state index in [1.807, 2.05) is 6.92 Å². The number of aryl methyl sites for hydroxylation is 1. The van der Waals surface area contributed by atoms with Crippen molar-refractivity contribution in [3.63, 3.8) is 0 Å². The van der Waals surface area contributed by atoms with Crippen LogP contribution in [0, 0.1) is 6.92 Å². The summed E-state index contributed by atoms with van der Waals surface area (Å²) in [5.74, 6) is -0.332. The van der Waals surface area contributed by atoms with Crippen LogP contribution in [0.3, 0.4) is 0 Å². The number of furan rings is 1. The number of methoxy groups -OCH3 is 2. The highest BCUT2D eigenvalue weighted by atomic mass is 16.7. The Bertz CT molecular complexity index is 331. The molecule has 16 heavy (non-hydrogen) atoms. The molecule has 0 amide bonds. The molecule has 1 rings (SSSR count). The van der Waals surface area contributed by atoms with Crippen molar-refractivity contribution in [3.8, 4) is 0 Å².